The smallest absolute Gasteiger partial charge is 0.263 e. The first-order chi connectivity index (χ1) is 11.2. The lowest BCUT2D eigenvalue weighted by Crippen LogP contribution is -2.33. The number of nitrogens with zero attached hydrogens (tertiary/aromatic N) is 1. The molecule has 25 heavy (non-hydrogen) atoms. The molecule has 1 fully saturated rings. The van der Waals surface area contributed by atoms with Gasteiger partial charge in [0.15, 0.2) is 0 Å². The van der Waals surface area contributed by atoms with Crippen molar-refractivity contribution in [3.05, 3.63) is 40.9 Å². The van der Waals surface area contributed by atoms with Gasteiger partial charge in [0.05, 0.1) is 5.69 Å². The molecule has 0 bridgehead atoms. The second-order valence-electron chi connectivity index (χ2n) is 6.06. The number of nitrogens with one attached hydrogen (secondary N) is 2. The standard InChI is InChI=1S/C18H23N3OS.2ClH/c1-13-16(23-18(21-13)15-7-3-2-4-8-15)17(22)20-11-9-14-6-5-10-19-12-14;;/h2-4,7-8,14,19H,5-6,9-12H2,1H3,(H,20,22);2*1H. The van der Waals surface area contributed by atoms with Gasteiger partial charge in [-0.05, 0) is 45.2 Å². The third-order valence-corrected chi connectivity index (χ3v) is 5.47. The molecule has 2 aromatic rings. The van der Waals surface area contributed by atoms with Crippen molar-refractivity contribution in [3.8, 4) is 10.6 Å². The summed E-state index contributed by atoms with van der Waals surface area (Å²) in [4.78, 5) is 17.7. The number of hydrogen-bond donors (Lipinski definition) is 2. The van der Waals surface area contributed by atoms with E-state index in [4.69, 9.17) is 0 Å². The SMILES string of the molecule is Cc1nc(-c2ccccc2)sc1C(=O)NCCC1CCCNC1.Cl.Cl. The Morgan fingerprint density at radius 2 is 2.08 bits per heavy atom. The number of carbonyl (C=O) groups is 1. The first kappa shape index (κ1) is 21.9. The van der Waals surface area contributed by atoms with E-state index in [1.54, 1.807) is 0 Å². The number of aryl methyl sites for hydroxylation is 1. The molecule has 1 amide bonds. The van der Waals surface area contributed by atoms with Crippen molar-refractivity contribution in [1.82, 2.24) is 15.6 Å². The Kier molecular flexibility index (Phi) is 9.43. The van der Waals surface area contributed by atoms with Gasteiger partial charge in [-0.1, -0.05) is 30.3 Å². The van der Waals surface area contributed by atoms with Crippen molar-refractivity contribution in [2.24, 2.45) is 5.92 Å². The van der Waals surface area contributed by atoms with Gasteiger partial charge in [-0.3, -0.25) is 4.79 Å². The maximum absolute atomic E-state index is 12.4. The quantitative estimate of drug-likeness (QED) is 0.793. The first-order valence-corrected chi connectivity index (χ1v) is 9.07. The van der Waals surface area contributed by atoms with E-state index in [1.807, 2.05) is 37.3 Å². The molecule has 1 aliphatic rings. The fourth-order valence-corrected chi connectivity index (χ4v) is 3.94. The minimum atomic E-state index is 0. The minimum Gasteiger partial charge on any atom is -0.351 e. The molecule has 1 unspecified atom stereocenters. The molecule has 1 aromatic carbocycles. The van der Waals surface area contributed by atoms with E-state index in [0.717, 1.165) is 47.2 Å². The molecule has 0 spiro atoms. The van der Waals surface area contributed by atoms with Crippen LogP contribution in [0.25, 0.3) is 10.6 Å². The van der Waals surface area contributed by atoms with Crippen molar-refractivity contribution < 1.29 is 4.79 Å². The molecule has 1 atom stereocenters. The van der Waals surface area contributed by atoms with Crippen LogP contribution in [0.2, 0.25) is 0 Å². The Hall–Kier alpha value is -1.14. The summed E-state index contributed by atoms with van der Waals surface area (Å²) < 4.78 is 0. The van der Waals surface area contributed by atoms with Gasteiger partial charge < -0.3 is 10.6 Å². The summed E-state index contributed by atoms with van der Waals surface area (Å²) >= 11 is 1.47. The third kappa shape index (κ3) is 5.96. The molecule has 1 aliphatic heterocycles. The van der Waals surface area contributed by atoms with Gasteiger partial charge in [-0.15, -0.1) is 36.2 Å². The number of thiazole rings is 1. The maximum atomic E-state index is 12.4. The summed E-state index contributed by atoms with van der Waals surface area (Å²) in [7, 11) is 0. The van der Waals surface area contributed by atoms with Gasteiger partial charge in [0.2, 0.25) is 0 Å². The van der Waals surface area contributed by atoms with Gasteiger partial charge in [0.25, 0.3) is 5.91 Å². The maximum Gasteiger partial charge on any atom is 0.263 e. The lowest BCUT2D eigenvalue weighted by molar-refractivity contribution is 0.0954. The zero-order valence-corrected chi connectivity index (χ0v) is 16.7. The fourth-order valence-electron chi connectivity index (χ4n) is 2.95. The zero-order valence-electron chi connectivity index (χ0n) is 14.3. The molecule has 0 radical (unpaired) electrons. The molecule has 0 aliphatic carbocycles. The summed E-state index contributed by atoms with van der Waals surface area (Å²) in [6.07, 6.45) is 3.55. The number of hydrogen-bond acceptors (Lipinski definition) is 4. The molecular weight excluding hydrogens is 377 g/mol. The van der Waals surface area contributed by atoms with Crippen molar-refractivity contribution in [2.45, 2.75) is 26.2 Å². The number of piperidine rings is 1. The third-order valence-electron chi connectivity index (χ3n) is 4.26. The molecule has 1 aromatic heterocycles. The van der Waals surface area contributed by atoms with Crippen LogP contribution in [0, 0.1) is 12.8 Å². The Bertz CT molecular complexity index is 658. The fraction of sp³-hybridized carbons (Fsp3) is 0.444. The predicted molar refractivity (Wildman–Crippen MR) is 109 cm³/mol. The van der Waals surface area contributed by atoms with E-state index < -0.39 is 0 Å². The summed E-state index contributed by atoms with van der Waals surface area (Å²) in [6.45, 7) is 4.85. The van der Waals surface area contributed by atoms with Crippen molar-refractivity contribution >= 4 is 42.1 Å². The van der Waals surface area contributed by atoms with Gasteiger partial charge in [-0.2, -0.15) is 0 Å². The van der Waals surface area contributed by atoms with Crippen molar-refractivity contribution in [1.29, 1.82) is 0 Å². The number of benzene rings is 1. The minimum absolute atomic E-state index is 0. The molecule has 138 valence electrons. The van der Waals surface area contributed by atoms with Crippen LogP contribution >= 0.6 is 36.2 Å². The highest BCUT2D eigenvalue weighted by atomic mass is 35.5. The second-order valence-corrected chi connectivity index (χ2v) is 7.06. The molecule has 2 heterocycles. The van der Waals surface area contributed by atoms with Gasteiger partial charge in [0.1, 0.15) is 9.88 Å². The van der Waals surface area contributed by atoms with Crippen LogP contribution in [0.5, 0.6) is 0 Å². The van der Waals surface area contributed by atoms with Crippen LogP contribution in [0.15, 0.2) is 30.3 Å². The molecule has 0 saturated carbocycles. The average Bonchev–Trinajstić information content (AvgIpc) is 2.98. The second kappa shape index (κ2) is 10.8. The van der Waals surface area contributed by atoms with Gasteiger partial charge in [0, 0.05) is 12.1 Å². The summed E-state index contributed by atoms with van der Waals surface area (Å²) in [5.74, 6) is 0.692. The first-order valence-electron chi connectivity index (χ1n) is 8.26. The Morgan fingerprint density at radius 1 is 1.32 bits per heavy atom. The average molecular weight is 402 g/mol. The number of carbonyl (C=O) groups excluding carboxylic acids is 1. The van der Waals surface area contributed by atoms with E-state index in [2.05, 4.69) is 15.6 Å². The Morgan fingerprint density at radius 3 is 2.76 bits per heavy atom. The zero-order chi connectivity index (χ0) is 16.1. The highest BCUT2D eigenvalue weighted by Gasteiger charge is 2.17. The van der Waals surface area contributed by atoms with Crippen molar-refractivity contribution in [3.63, 3.8) is 0 Å². The lowest BCUT2D eigenvalue weighted by Gasteiger charge is -2.22. The lowest BCUT2D eigenvalue weighted by atomic mass is 9.96. The predicted octanol–water partition coefficient (Wildman–Crippen LogP) is 4.08. The number of aromatic nitrogens is 1. The summed E-state index contributed by atoms with van der Waals surface area (Å²) in [6, 6.07) is 10.0. The molecule has 4 nitrogen and oxygen atoms in total. The molecule has 7 heteroatoms. The van der Waals surface area contributed by atoms with Crippen LogP contribution in [-0.2, 0) is 0 Å². The Labute approximate surface area is 165 Å². The Balaban J connectivity index is 0.00000156. The monoisotopic (exact) mass is 401 g/mol. The van der Waals surface area contributed by atoms with Crippen LogP contribution < -0.4 is 10.6 Å². The normalized spacial score (nSPS) is 16.4. The van der Waals surface area contributed by atoms with E-state index in [-0.39, 0.29) is 30.7 Å². The summed E-state index contributed by atoms with van der Waals surface area (Å²) in [5.41, 5.74) is 1.87. The molecule has 2 N–H and O–H groups in total. The van der Waals surface area contributed by atoms with E-state index in [1.165, 1.54) is 24.2 Å². The largest absolute Gasteiger partial charge is 0.351 e. The van der Waals surface area contributed by atoms with E-state index in [0.29, 0.717) is 5.92 Å². The van der Waals surface area contributed by atoms with Crippen LogP contribution in [0.1, 0.15) is 34.6 Å². The highest BCUT2D eigenvalue weighted by Crippen LogP contribution is 2.27. The van der Waals surface area contributed by atoms with Gasteiger partial charge in [-0.25, -0.2) is 4.98 Å². The van der Waals surface area contributed by atoms with E-state index >= 15 is 0 Å². The topological polar surface area (TPSA) is 54.0 Å². The summed E-state index contributed by atoms with van der Waals surface area (Å²) in [5, 5.41) is 7.38. The van der Waals surface area contributed by atoms with E-state index in [9.17, 15) is 4.79 Å². The van der Waals surface area contributed by atoms with Crippen LogP contribution in [0.3, 0.4) is 0 Å². The molecular formula is C18H25Cl2N3OS. The van der Waals surface area contributed by atoms with Crippen LogP contribution in [-0.4, -0.2) is 30.5 Å². The number of amides is 1. The highest BCUT2D eigenvalue weighted by molar-refractivity contribution is 7.17. The molecule has 3 rings (SSSR count). The van der Waals surface area contributed by atoms with Crippen LogP contribution in [0.4, 0.5) is 0 Å². The molecule has 1 saturated heterocycles. The number of rotatable bonds is 5. The van der Waals surface area contributed by atoms with Gasteiger partial charge >= 0.3 is 0 Å². The number of halogens is 2. The van der Waals surface area contributed by atoms with Crippen molar-refractivity contribution in [2.75, 3.05) is 19.6 Å².